The van der Waals surface area contributed by atoms with Gasteiger partial charge in [-0.05, 0) is 55.3 Å². The Hall–Kier alpha value is -4.46. The second-order valence-corrected chi connectivity index (χ2v) is 7.88. The van der Waals surface area contributed by atoms with Crippen molar-refractivity contribution in [2.24, 2.45) is 7.05 Å². The van der Waals surface area contributed by atoms with Gasteiger partial charge in [-0.15, -0.1) is 0 Å². The van der Waals surface area contributed by atoms with Gasteiger partial charge in [0.05, 0.1) is 11.4 Å². The number of aryl methyl sites for hydroxylation is 1. The Balaban J connectivity index is 1.47. The van der Waals surface area contributed by atoms with E-state index in [1.807, 2.05) is 42.5 Å². The van der Waals surface area contributed by atoms with Crippen molar-refractivity contribution in [3.8, 4) is 5.69 Å². The first kappa shape index (κ1) is 22.7. The van der Waals surface area contributed by atoms with Gasteiger partial charge in [-0.1, -0.05) is 30.3 Å². The van der Waals surface area contributed by atoms with Crippen molar-refractivity contribution in [2.45, 2.75) is 19.8 Å². The summed E-state index contributed by atoms with van der Waals surface area (Å²) in [6, 6.07) is 19.6. The number of anilines is 2. The average molecular weight is 456 g/mol. The van der Waals surface area contributed by atoms with E-state index < -0.39 is 5.91 Å². The Kier molecular flexibility index (Phi) is 6.68. The van der Waals surface area contributed by atoms with Crippen LogP contribution in [0.25, 0.3) is 5.69 Å². The molecular weight excluding hydrogens is 430 g/mol. The minimum atomic E-state index is -0.433. The maximum absolute atomic E-state index is 13.0. The maximum Gasteiger partial charge on any atom is 0.295 e. The first-order valence-electron chi connectivity index (χ1n) is 10.9. The van der Waals surface area contributed by atoms with Gasteiger partial charge in [0.15, 0.2) is 0 Å². The van der Waals surface area contributed by atoms with Crippen molar-refractivity contribution >= 4 is 23.2 Å². The number of nitrogens with one attached hydrogen (secondary N) is 2. The summed E-state index contributed by atoms with van der Waals surface area (Å²) < 4.78 is 3.20. The van der Waals surface area contributed by atoms with Gasteiger partial charge in [-0.3, -0.25) is 24.0 Å². The van der Waals surface area contributed by atoms with Crippen LogP contribution in [0.3, 0.4) is 0 Å². The van der Waals surface area contributed by atoms with E-state index in [9.17, 15) is 14.4 Å². The lowest BCUT2D eigenvalue weighted by atomic mass is 10.1. The Morgan fingerprint density at radius 3 is 2.50 bits per heavy atom. The molecule has 2 N–H and O–H groups in total. The largest absolute Gasteiger partial charge is 0.326 e. The molecule has 0 unspecified atom stereocenters. The topological polar surface area (TPSA) is 98.0 Å². The van der Waals surface area contributed by atoms with Crippen molar-refractivity contribution in [3.05, 3.63) is 106 Å². The minimum absolute atomic E-state index is 0.161. The van der Waals surface area contributed by atoms with Crippen LogP contribution in [0.4, 0.5) is 11.4 Å². The van der Waals surface area contributed by atoms with Gasteiger partial charge in [0.1, 0.15) is 5.69 Å². The number of para-hydroxylation sites is 1. The highest BCUT2D eigenvalue weighted by molar-refractivity contribution is 6.05. The quantitative estimate of drug-likeness (QED) is 0.444. The molecule has 0 aliphatic rings. The van der Waals surface area contributed by atoms with Crippen LogP contribution in [-0.4, -0.2) is 26.2 Å². The summed E-state index contributed by atoms with van der Waals surface area (Å²) in [5.74, 6) is -0.594. The van der Waals surface area contributed by atoms with E-state index in [2.05, 4.69) is 15.6 Å². The van der Waals surface area contributed by atoms with Crippen molar-refractivity contribution in [1.82, 2.24) is 14.3 Å². The highest BCUT2D eigenvalue weighted by Crippen LogP contribution is 2.17. The van der Waals surface area contributed by atoms with Crippen LogP contribution in [0.5, 0.6) is 0 Å². The van der Waals surface area contributed by atoms with E-state index >= 15 is 0 Å². The Bertz CT molecular complexity index is 1370. The summed E-state index contributed by atoms with van der Waals surface area (Å²) in [4.78, 5) is 42.4. The molecule has 0 saturated carbocycles. The third-order valence-corrected chi connectivity index (χ3v) is 5.56. The van der Waals surface area contributed by atoms with E-state index in [1.165, 1.54) is 4.68 Å². The molecule has 2 aromatic carbocycles. The molecule has 0 atom stereocenters. The fourth-order valence-electron chi connectivity index (χ4n) is 3.66. The van der Waals surface area contributed by atoms with E-state index in [0.29, 0.717) is 35.5 Å². The lowest BCUT2D eigenvalue weighted by Crippen LogP contribution is -2.23. The fraction of sp³-hybridized carbons (Fsp3) is 0.154. The molecule has 172 valence electrons. The molecule has 0 radical (unpaired) electrons. The summed E-state index contributed by atoms with van der Waals surface area (Å²) >= 11 is 0. The van der Waals surface area contributed by atoms with E-state index in [0.717, 1.165) is 5.56 Å². The summed E-state index contributed by atoms with van der Waals surface area (Å²) in [7, 11) is 1.76. The van der Waals surface area contributed by atoms with Crippen LogP contribution in [0.15, 0.2) is 83.9 Å². The third kappa shape index (κ3) is 4.96. The summed E-state index contributed by atoms with van der Waals surface area (Å²) in [6.07, 6.45) is 4.29. The first-order chi connectivity index (χ1) is 16.4. The molecule has 2 aromatic heterocycles. The minimum Gasteiger partial charge on any atom is -0.326 e. The molecule has 0 bridgehead atoms. The molecule has 4 rings (SSSR count). The lowest BCUT2D eigenvalue weighted by Gasteiger charge is -2.08. The SMILES string of the molecule is Cc1c(NC(=O)c2cccc(NC(=O)CCc3cccnc3)c2)c(=O)n(-c2ccccc2)n1C. The Morgan fingerprint density at radius 1 is 0.971 bits per heavy atom. The molecule has 0 aliphatic carbocycles. The van der Waals surface area contributed by atoms with Crippen LogP contribution >= 0.6 is 0 Å². The van der Waals surface area contributed by atoms with Crippen molar-refractivity contribution in [2.75, 3.05) is 10.6 Å². The van der Waals surface area contributed by atoms with Gasteiger partial charge in [0.25, 0.3) is 11.5 Å². The number of nitrogens with zero attached hydrogens (tertiary/aromatic N) is 3. The number of benzene rings is 2. The van der Waals surface area contributed by atoms with Gasteiger partial charge in [-0.2, -0.15) is 0 Å². The van der Waals surface area contributed by atoms with Gasteiger partial charge >= 0.3 is 0 Å². The number of pyridine rings is 1. The molecule has 0 spiro atoms. The molecular formula is C26H25N5O3. The standard InChI is InChI=1S/C26H25N5O3/c1-18-24(26(34)31(30(18)2)22-11-4-3-5-12-22)29-25(33)20-9-6-10-21(16-20)28-23(32)14-13-19-8-7-15-27-17-19/h3-12,15-17H,13-14H2,1-2H3,(H,28,32)(H,29,33). The van der Waals surface area contributed by atoms with Crippen LogP contribution in [0.2, 0.25) is 0 Å². The lowest BCUT2D eigenvalue weighted by molar-refractivity contribution is -0.116. The number of aromatic nitrogens is 3. The van der Waals surface area contributed by atoms with Crippen LogP contribution in [0, 0.1) is 6.92 Å². The smallest absolute Gasteiger partial charge is 0.295 e. The number of carbonyl (C=O) groups is 2. The maximum atomic E-state index is 13.0. The van der Waals surface area contributed by atoms with Gasteiger partial charge in [-0.25, -0.2) is 4.68 Å². The van der Waals surface area contributed by atoms with Crippen molar-refractivity contribution in [3.63, 3.8) is 0 Å². The second kappa shape index (κ2) is 9.99. The molecule has 4 aromatic rings. The number of rotatable bonds is 7. The molecule has 0 fully saturated rings. The number of amides is 2. The van der Waals surface area contributed by atoms with Crippen LogP contribution < -0.4 is 16.2 Å². The average Bonchev–Trinajstić information content (AvgIpc) is 3.07. The summed E-state index contributed by atoms with van der Waals surface area (Å²) in [5.41, 5.74) is 3.04. The van der Waals surface area contributed by atoms with Crippen LogP contribution in [-0.2, 0) is 18.3 Å². The van der Waals surface area contributed by atoms with E-state index in [1.54, 1.807) is 55.3 Å². The molecule has 34 heavy (non-hydrogen) atoms. The Morgan fingerprint density at radius 2 is 1.76 bits per heavy atom. The number of carbonyl (C=O) groups excluding carboxylic acids is 2. The van der Waals surface area contributed by atoms with Gasteiger partial charge in [0.2, 0.25) is 5.91 Å². The van der Waals surface area contributed by atoms with Gasteiger partial charge < -0.3 is 10.6 Å². The molecule has 0 aliphatic heterocycles. The zero-order valence-electron chi connectivity index (χ0n) is 19.0. The van der Waals surface area contributed by atoms with Crippen molar-refractivity contribution in [1.29, 1.82) is 0 Å². The number of hydrogen-bond donors (Lipinski definition) is 2. The predicted octanol–water partition coefficient (Wildman–Crippen LogP) is 3.70. The molecule has 2 amide bonds. The normalized spacial score (nSPS) is 10.6. The van der Waals surface area contributed by atoms with Crippen LogP contribution in [0.1, 0.15) is 28.0 Å². The second-order valence-electron chi connectivity index (χ2n) is 7.88. The summed E-state index contributed by atoms with van der Waals surface area (Å²) in [5, 5.41) is 5.56. The zero-order valence-corrected chi connectivity index (χ0v) is 19.0. The predicted molar refractivity (Wildman–Crippen MR) is 131 cm³/mol. The highest BCUT2D eigenvalue weighted by atomic mass is 16.2. The monoisotopic (exact) mass is 455 g/mol. The molecule has 8 heteroatoms. The fourth-order valence-corrected chi connectivity index (χ4v) is 3.66. The molecule has 2 heterocycles. The van der Waals surface area contributed by atoms with E-state index in [4.69, 9.17) is 0 Å². The first-order valence-corrected chi connectivity index (χ1v) is 10.9. The Labute approximate surface area is 196 Å². The molecule has 8 nitrogen and oxygen atoms in total. The van der Waals surface area contributed by atoms with E-state index in [-0.39, 0.29) is 17.2 Å². The van der Waals surface area contributed by atoms with Crippen molar-refractivity contribution < 1.29 is 9.59 Å². The number of hydrogen-bond acceptors (Lipinski definition) is 4. The third-order valence-electron chi connectivity index (χ3n) is 5.56. The summed E-state index contributed by atoms with van der Waals surface area (Å²) in [6.45, 7) is 1.77. The van der Waals surface area contributed by atoms with Gasteiger partial charge in [0, 0.05) is 37.1 Å². The zero-order chi connectivity index (χ0) is 24.1. The molecule has 0 saturated heterocycles. The highest BCUT2D eigenvalue weighted by Gasteiger charge is 2.19.